The minimum Gasteiger partial charge on any atom is -0.467 e. The first-order valence-electron chi connectivity index (χ1n) is 8.51. The van der Waals surface area contributed by atoms with E-state index in [-0.39, 0.29) is 24.3 Å². The summed E-state index contributed by atoms with van der Waals surface area (Å²) in [6, 6.07) is 8.26. The number of hydrogen-bond donors (Lipinski definition) is 0. The summed E-state index contributed by atoms with van der Waals surface area (Å²) in [5.41, 5.74) is 0.476. The molecule has 134 valence electrons. The van der Waals surface area contributed by atoms with Crippen LogP contribution in [0.15, 0.2) is 30.3 Å². The van der Waals surface area contributed by atoms with Gasteiger partial charge in [0.25, 0.3) is 0 Å². The molecule has 7 nitrogen and oxygen atoms in total. The molecule has 0 aromatic heterocycles. The Morgan fingerprint density at radius 2 is 1.84 bits per heavy atom. The first-order valence-corrected chi connectivity index (χ1v) is 8.51. The van der Waals surface area contributed by atoms with E-state index in [9.17, 15) is 14.4 Å². The standard InChI is InChI=1S/C18H22N2O5/c1-24-18(23)15-8-7-14-9-11-19(12-10-16(21)20(14)15)25-17(22)13-5-3-2-4-6-13/h2-6,14-15H,7-12H2,1H3/t14-,15+/m1/s1. The van der Waals surface area contributed by atoms with Crippen LogP contribution in [0.5, 0.6) is 0 Å². The number of fused-ring (bicyclic) bond motifs is 1. The normalized spacial score (nSPS) is 24.2. The van der Waals surface area contributed by atoms with Crippen LogP contribution >= 0.6 is 0 Å². The van der Waals surface area contributed by atoms with Gasteiger partial charge in [-0.1, -0.05) is 18.2 Å². The van der Waals surface area contributed by atoms with Crippen molar-refractivity contribution in [3.63, 3.8) is 0 Å². The highest BCUT2D eigenvalue weighted by Gasteiger charge is 2.42. The van der Waals surface area contributed by atoms with Crippen molar-refractivity contribution in [2.45, 2.75) is 37.8 Å². The summed E-state index contributed by atoms with van der Waals surface area (Å²) >= 11 is 0. The van der Waals surface area contributed by atoms with Gasteiger partial charge in [-0.15, -0.1) is 5.06 Å². The van der Waals surface area contributed by atoms with Crippen LogP contribution < -0.4 is 0 Å². The smallest absolute Gasteiger partial charge is 0.357 e. The van der Waals surface area contributed by atoms with Gasteiger partial charge < -0.3 is 14.5 Å². The Balaban J connectivity index is 1.63. The largest absolute Gasteiger partial charge is 0.467 e. The van der Waals surface area contributed by atoms with Crippen molar-refractivity contribution in [2.75, 3.05) is 20.2 Å². The zero-order valence-corrected chi connectivity index (χ0v) is 14.2. The maximum absolute atomic E-state index is 12.5. The number of carbonyl (C=O) groups excluding carboxylic acids is 3. The van der Waals surface area contributed by atoms with E-state index in [0.717, 1.165) is 6.42 Å². The summed E-state index contributed by atoms with van der Waals surface area (Å²) in [7, 11) is 1.34. The lowest BCUT2D eigenvalue weighted by Crippen LogP contribution is -2.49. The monoisotopic (exact) mass is 346 g/mol. The molecule has 0 radical (unpaired) electrons. The maximum Gasteiger partial charge on any atom is 0.357 e. The van der Waals surface area contributed by atoms with E-state index in [2.05, 4.69) is 0 Å². The molecule has 0 bridgehead atoms. The Morgan fingerprint density at radius 1 is 1.08 bits per heavy atom. The number of hydroxylamine groups is 2. The third-order valence-electron chi connectivity index (χ3n) is 4.77. The Labute approximate surface area is 146 Å². The average Bonchev–Trinajstić information content (AvgIpc) is 3.05. The van der Waals surface area contributed by atoms with Gasteiger partial charge in [0.05, 0.1) is 12.7 Å². The highest BCUT2D eigenvalue weighted by Crippen LogP contribution is 2.29. The van der Waals surface area contributed by atoms with Crippen LogP contribution in [0.3, 0.4) is 0 Å². The summed E-state index contributed by atoms with van der Waals surface area (Å²) in [4.78, 5) is 43.7. The fourth-order valence-corrected chi connectivity index (χ4v) is 3.50. The van der Waals surface area contributed by atoms with Gasteiger partial charge in [-0.3, -0.25) is 4.79 Å². The highest BCUT2D eigenvalue weighted by molar-refractivity contribution is 5.89. The van der Waals surface area contributed by atoms with Gasteiger partial charge in [0.1, 0.15) is 6.04 Å². The molecule has 7 heteroatoms. The molecule has 3 rings (SSSR count). The van der Waals surface area contributed by atoms with Crippen LogP contribution in [-0.4, -0.2) is 60.1 Å². The Bertz CT molecular complexity index is 648. The van der Waals surface area contributed by atoms with Crippen molar-refractivity contribution in [1.29, 1.82) is 0 Å². The van der Waals surface area contributed by atoms with Crippen molar-refractivity contribution in [3.8, 4) is 0 Å². The number of nitrogens with zero attached hydrogens (tertiary/aromatic N) is 2. The molecule has 2 aliphatic heterocycles. The fourth-order valence-electron chi connectivity index (χ4n) is 3.50. The number of ether oxygens (including phenoxy) is 1. The van der Waals surface area contributed by atoms with Crippen LogP contribution in [-0.2, 0) is 19.2 Å². The van der Waals surface area contributed by atoms with Gasteiger partial charge in [-0.25, -0.2) is 9.59 Å². The molecule has 0 aliphatic carbocycles. The number of esters is 1. The number of amides is 1. The Hall–Kier alpha value is -2.41. The quantitative estimate of drug-likeness (QED) is 0.770. The fraction of sp³-hybridized carbons (Fsp3) is 0.500. The lowest BCUT2D eigenvalue weighted by Gasteiger charge is -2.33. The second-order valence-corrected chi connectivity index (χ2v) is 6.28. The first kappa shape index (κ1) is 17.4. The molecule has 1 aromatic rings. The van der Waals surface area contributed by atoms with E-state index in [1.165, 1.54) is 7.11 Å². The molecule has 0 saturated carbocycles. The van der Waals surface area contributed by atoms with Gasteiger partial charge >= 0.3 is 11.9 Å². The van der Waals surface area contributed by atoms with E-state index in [1.54, 1.807) is 34.2 Å². The van der Waals surface area contributed by atoms with E-state index < -0.39 is 12.0 Å². The van der Waals surface area contributed by atoms with Crippen LogP contribution in [0.25, 0.3) is 0 Å². The van der Waals surface area contributed by atoms with Crippen molar-refractivity contribution in [2.24, 2.45) is 0 Å². The summed E-state index contributed by atoms with van der Waals surface area (Å²) in [5, 5.41) is 1.55. The lowest BCUT2D eigenvalue weighted by molar-refractivity contribution is -0.157. The second kappa shape index (κ2) is 7.65. The molecule has 2 aliphatic rings. The maximum atomic E-state index is 12.5. The van der Waals surface area contributed by atoms with Gasteiger partial charge in [-0.05, 0) is 31.4 Å². The molecule has 0 unspecified atom stereocenters. The predicted molar refractivity (Wildman–Crippen MR) is 88.3 cm³/mol. The van der Waals surface area contributed by atoms with Gasteiger partial charge in [0, 0.05) is 25.6 Å². The predicted octanol–water partition coefficient (Wildman–Crippen LogP) is 1.39. The minimum absolute atomic E-state index is 0.0187. The number of carbonyl (C=O) groups is 3. The van der Waals surface area contributed by atoms with Crippen molar-refractivity contribution < 1.29 is 24.0 Å². The third-order valence-corrected chi connectivity index (χ3v) is 4.77. The number of hydrogen-bond acceptors (Lipinski definition) is 6. The first-order chi connectivity index (χ1) is 12.1. The second-order valence-electron chi connectivity index (χ2n) is 6.28. The average molecular weight is 346 g/mol. The minimum atomic E-state index is -0.485. The summed E-state index contributed by atoms with van der Waals surface area (Å²) < 4.78 is 4.81. The molecule has 1 amide bonds. The molecular formula is C18H22N2O5. The van der Waals surface area contributed by atoms with E-state index in [4.69, 9.17) is 9.57 Å². The van der Waals surface area contributed by atoms with Crippen molar-refractivity contribution in [1.82, 2.24) is 9.96 Å². The molecule has 1 aromatic carbocycles. The summed E-state index contributed by atoms with van der Waals surface area (Å²) in [6.07, 6.45) is 2.23. The zero-order chi connectivity index (χ0) is 17.8. The number of methoxy groups -OCH3 is 1. The molecule has 2 heterocycles. The topological polar surface area (TPSA) is 76.1 Å². The van der Waals surface area contributed by atoms with Crippen LogP contribution in [0, 0.1) is 0 Å². The Morgan fingerprint density at radius 3 is 2.56 bits per heavy atom. The number of benzene rings is 1. The molecule has 2 fully saturated rings. The van der Waals surface area contributed by atoms with Crippen molar-refractivity contribution in [3.05, 3.63) is 35.9 Å². The van der Waals surface area contributed by atoms with E-state index >= 15 is 0 Å². The molecule has 25 heavy (non-hydrogen) atoms. The highest BCUT2D eigenvalue weighted by atomic mass is 16.7. The summed E-state index contributed by atoms with van der Waals surface area (Å²) in [5.74, 6) is -0.883. The lowest BCUT2D eigenvalue weighted by atomic mass is 10.1. The van der Waals surface area contributed by atoms with Crippen LogP contribution in [0.4, 0.5) is 0 Å². The molecular weight excluding hydrogens is 324 g/mol. The summed E-state index contributed by atoms with van der Waals surface area (Å²) in [6.45, 7) is 0.843. The SMILES string of the molecule is COC(=O)[C@@H]1CC[C@@H]2CCN(OC(=O)c3ccccc3)CCC(=O)N21. The van der Waals surface area contributed by atoms with Crippen molar-refractivity contribution >= 4 is 17.8 Å². The Kier molecular flexibility index (Phi) is 5.33. The van der Waals surface area contributed by atoms with Crippen LogP contribution in [0.1, 0.15) is 36.0 Å². The zero-order valence-electron chi connectivity index (χ0n) is 14.2. The number of rotatable bonds is 3. The van der Waals surface area contributed by atoms with Gasteiger partial charge in [0.2, 0.25) is 5.91 Å². The third kappa shape index (κ3) is 3.82. The van der Waals surface area contributed by atoms with Gasteiger partial charge in [0.15, 0.2) is 0 Å². The molecule has 0 N–H and O–H groups in total. The van der Waals surface area contributed by atoms with Crippen LogP contribution in [0.2, 0.25) is 0 Å². The van der Waals surface area contributed by atoms with E-state index in [0.29, 0.717) is 31.5 Å². The molecule has 2 saturated heterocycles. The molecule has 0 spiro atoms. The molecule has 2 atom stereocenters. The van der Waals surface area contributed by atoms with Gasteiger partial charge in [-0.2, -0.15) is 0 Å². The van der Waals surface area contributed by atoms with E-state index in [1.807, 2.05) is 6.07 Å².